The maximum Gasteiger partial charge on any atom is 0.203 e. The van der Waals surface area contributed by atoms with Crippen molar-refractivity contribution in [1.82, 2.24) is 0 Å². The van der Waals surface area contributed by atoms with E-state index in [4.69, 9.17) is 14.2 Å². The topological polar surface area (TPSA) is 47.9 Å². The minimum atomic E-state index is -0.578. The summed E-state index contributed by atoms with van der Waals surface area (Å²) in [5.74, 6) is 1.62. The summed E-state index contributed by atoms with van der Waals surface area (Å²) in [4.78, 5) is 0. The van der Waals surface area contributed by atoms with Crippen LogP contribution in [0.15, 0.2) is 24.3 Å². The molecule has 0 radical (unpaired) electrons. The zero-order valence-corrected chi connectivity index (χ0v) is 12.0. The van der Waals surface area contributed by atoms with E-state index >= 15 is 0 Å². The van der Waals surface area contributed by atoms with Crippen molar-refractivity contribution < 1.29 is 19.3 Å². The first kappa shape index (κ1) is 15.4. The van der Waals surface area contributed by atoms with Crippen LogP contribution in [0.3, 0.4) is 0 Å². The van der Waals surface area contributed by atoms with Crippen LogP contribution < -0.4 is 14.2 Å². The highest BCUT2D eigenvalue weighted by Gasteiger charge is 2.17. The summed E-state index contributed by atoms with van der Waals surface area (Å²) in [6.45, 7) is 5.78. The Balaban J connectivity index is 3.04. The third kappa shape index (κ3) is 3.89. The monoisotopic (exact) mass is 266 g/mol. The van der Waals surface area contributed by atoms with Gasteiger partial charge in [0.05, 0.1) is 27.4 Å². The number of hydrogen-bond donors (Lipinski definition) is 1. The van der Waals surface area contributed by atoms with Crippen molar-refractivity contribution in [3.8, 4) is 17.2 Å². The quantitative estimate of drug-likeness (QED) is 0.770. The number of benzene rings is 1. The van der Waals surface area contributed by atoms with E-state index in [1.54, 1.807) is 33.5 Å². The summed E-state index contributed by atoms with van der Waals surface area (Å²) < 4.78 is 15.8. The SMILES string of the molecule is C=C(C)CCC(O)c1cc(OC)c(OC)c(OC)c1. The van der Waals surface area contributed by atoms with Crippen LogP contribution >= 0.6 is 0 Å². The Morgan fingerprint density at radius 2 is 1.68 bits per heavy atom. The van der Waals surface area contributed by atoms with Crippen molar-refractivity contribution in [3.05, 3.63) is 29.8 Å². The third-order valence-corrected chi connectivity index (χ3v) is 2.92. The Kier molecular flexibility index (Phi) is 5.70. The number of hydrogen-bond acceptors (Lipinski definition) is 4. The molecular formula is C15H22O4. The molecular weight excluding hydrogens is 244 g/mol. The predicted molar refractivity (Wildman–Crippen MR) is 75.1 cm³/mol. The molecule has 0 fully saturated rings. The molecule has 0 heterocycles. The predicted octanol–water partition coefficient (Wildman–Crippen LogP) is 3.10. The second kappa shape index (κ2) is 7.04. The molecule has 0 aromatic heterocycles. The van der Waals surface area contributed by atoms with Crippen molar-refractivity contribution >= 4 is 0 Å². The lowest BCUT2D eigenvalue weighted by Crippen LogP contribution is -2.01. The summed E-state index contributed by atoms with van der Waals surface area (Å²) >= 11 is 0. The molecule has 1 rings (SSSR count). The number of ether oxygens (including phenoxy) is 3. The van der Waals surface area contributed by atoms with Gasteiger partial charge in [0.1, 0.15) is 0 Å². The zero-order chi connectivity index (χ0) is 14.4. The zero-order valence-electron chi connectivity index (χ0n) is 12.0. The molecule has 106 valence electrons. The molecule has 0 aliphatic heterocycles. The van der Waals surface area contributed by atoms with E-state index in [1.807, 2.05) is 6.92 Å². The second-order valence-corrected chi connectivity index (χ2v) is 4.47. The van der Waals surface area contributed by atoms with E-state index in [9.17, 15) is 5.11 Å². The average molecular weight is 266 g/mol. The van der Waals surface area contributed by atoms with Gasteiger partial charge in [-0.05, 0) is 37.5 Å². The largest absolute Gasteiger partial charge is 0.493 e. The van der Waals surface area contributed by atoms with Gasteiger partial charge in [0, 0.05) is 0 Å². The minimum Gasteiger partial charge on any atom is -0.493 e. The fourth-order valence-corrected chi connectivity index (χ4v) is 1.84. The average Bonchev–Trinajstić information content (AvgIpc) is 2.42. The van der Waals surface area contributed by atoms with Crippen LogP contribution in [0, 0.1) is 0 Å². The Morgan fingerprint density at radius 3 is 2.05 bits per heavy atom. The minimum absolute atomic E-state index is 0.529. The molecule has 0 saturated carbocycles. The first-order chi connectivity index (χ1) is 9.03. The number of allylic oxidation sites excluding steroid dienone is 1. The Bertz CT molecular complexity index is 415. The molecule has 0 spiro atoms. The van der Waals surface area contributed by atoms with Gasteiger partial charge in [-0.2, -0.15) is 0 Å². The molecule has 0 aliphatic carbocycles. The Hall–Kier alpha value is -1.68. The van der Waals surface area contributed by atoms with E-state index in [0.29, 0.717) is 23.7 Å². The van der Waals surface area contributed by atoms with Gasteiger partial charge < -0.3 is 19.3 Å². The van der Waals surface area contributed by atoms with Gasteiger partial charge in [-0.1, -0.05) is 5.57 Å². The van der Waals surface area contributed by atoms with Crippen LogP contribution in [0.1, 0.15) is 31.4 Å². The highest BCUT2D eigenvalue weighted by molar-refractivity contribution is 5.54. The van der Waals surface area contributed by atoms with Crippen molar-refractivity contribution in [2.75, 3.05) is 21.3 Å². The van der Waals surface area contributed by atoms with E-state index in [0.717, 1.165) is 17.6 Å². The molecule has 0 bridgehead atoms. The summed E-state index contributed by atoms with van der Waals surface area (Å²) in [6, 6.07) is 3.54. The van der Waals surface area contributed by atoms with Crippen LogP contribution in [-0.4, -0.2) is 26.4 Å². The van der Waals surface area contributed by atoms with E-state index < -0.39 is 6.10 Å². The van der Waals surface area contributed by atoms with Gasteiger partial charge in [-0.15, -0.1) is 6.58 Å². The van der Waals surface area contributed by atoms with Gasteiger partial charge in [-0.25, -0.2) is 0 Å². The van der Waals surface area contributed by atoms with Gasteiger partial charge in [0.15, 0.2) is 11.5 Å². The van der Waals surface area contributed by atoms with Crippen molar-refractivity contribution in [3.63, 3.8) is 0 Å². The van der Waals surface area contributed by atoms with E-state index in [-0.39, 0.29) is 0 Å². The highest BCUT2D eigenvalue weighted by atomic mass is 16.5. The van der Waals surface area contributed by atoms with Crippen LogP contribution in [0.25, 0.3) is 0 Å². The van der Waals surface area contributed by atoms with Crippen molar-refractivity contribution in [1.29, 1.82) is 0 Å². The Labute approximate surface area is 114 Å². The molecule has 1 unspecified atom stereocenters. The molecule has 1 atom stereocenters. The summed E-state index contributed by atoms with van der Waals surface area (Å²) in [6.07, 6.45) is 0.816. The molecule has 1 N–H and O–H groups in total. The molecule has 1 aromatic rings. The maximum absolute atomic E-state index is 10.2. The van der Waals surface area contributed by atoms with Crippen LogP contribution in [0.5, 0.6) is 17.2 Å². The van der Waals surface area contributed by atoms with Crippen LogP contribution in [0.4, 0.5) is 0 Å². The molecule has 4 heteroatoms. The smallest absolute Gasteiger partial charge is 0.203 e. The van der Waals surface area contributed by atoms with Gasteiger partial charge in [0.25, 0.3) is 0 Å². The lowest BCUT2D eigenvalue weighted by atomic mass is 10.0. The molecule has 0 amide bonds. The van der Waals surface area contributed by atoms with Crippen LogP contribution in [-0.2, 0) is 0 Å². The number of aliphatic hydroxyl groups is 1. The molecule has 1 aromatic carbocycles. The molecule has 0 saturated heterocycles. The van der Waals surface area contributed by atoms with Gasteiger partial charge in [-0.3, -0.25) is 0 Å². The maximum atomic E-state index is 10.2. The molecule has 4 nitrogen and oxygen atoms in total. The van der Waals surface area contributed by atoms with Gasteiger partial charge in [0.2, 0.25) is 5.75 Å². The number of rotatable bonds is 7. The van der Waals surface area contributed by atoms with Crippen LogP contribution in [0.2, 0.25) is 0 Å². The highest BCUT2D eigenvalue weighted by Crippen LogP contribution is 2.40. The fourth-order valence-electron chi connectivity index (χ4n) is 1.84. The normalized spacial score (nSPS) is 11.8. The number of methoxy groups -OCH3 is 3. The lowest BCUT2D eigenvalue weighted by molar-refractivity contribution is 0.166. The summed E-state index contributed by atoms with van der Waals surface area (Å²) in [5, 5.41) is 10.2. The first-order valence-corrected chi connectivity index (χ1v) is 6.15. The number of aliphatic hydroxyl groups excluding tert-OH is 1. The fraction of sp³-hybridized carbons (Fsp3) is 0.467. The summed E-state index contributed by atoms with van der Waals surface area (Å²) in [7, 11) is 4.67. The lowest BCUT2D eigenvalue weighted by Gasteiger charge is -2.17. The third-order valence-electron chi connectivity index (χ3n) is 2.92. The van der Waals surface area contributed by atoms with E-state index in [1.165, 1.54) is 0 Å². The van der Waals surface area contributed by atoms with Crippen molar-refractivity contribution in [2.45, 2.75) is 25.9 Å². The molecule has 19 heavy (non-hydrogen) atoms. The van der Waals surface area contributed by atoms with Gasteiger partial charge >= 0.3 is 0 Å². The molecule has 0 aliphatic rings. The summed E-state index contributed by atoms with van der Waals surface area (Å²) in [5.41, 5.74) is 1.79. The first-order valence-electron chi connectivity index (χ1n) is 6.15. The second-order valence-electron chi connectivity index (χ2n) is 4.47. The van der Waals surface area contributed by atoms with Crippen molar-refractivity contribution in [2.24, 2.45) is 0 Å². The Morgan fingerprint density at radius 1 is 1.16 bits per heavy atom. The standard InChI is InChI=1S/C15H22O4/c1-10(2)6-7-12(16)11-8-13(17-3)15(19-5)14(9-11)18-4/h8-9,12,16H,1,6-7H2,2-5H3. The van der Waals surface area contributed by atoms with E-state index in [2.05, 4.69) is 6.58 Å².